The predicted octanol–water partition coefficient (Wildman–Crippen LogP) is 5.80. The largest absolute Gasteiger partial charge is 0.402 e. The lowest BCUT2D eigenvalue weighted by molar-refractivity contribution is 0.109. The zero-order valence-corrected chi connectivity index (χ0v) is 22.8. The zero-order chi connectivity index (χ0) is 26.3. The van der Waals surface area contributed by atoms with E-state index >= 15 is 0 Å². The first kappa shape index (κ1) is 26.5. The lowest BCUT2D eigenvalue weighted by Gasteiger charge is -2.39. The Morgan fingerprint density at radius 2 is 1.79 bits per heavy atom. The number of allylic oxidation sites excluding steroid dienone is 3. The molecule has 1 saturated heterocycles. The number of likely N-dealkylation sites (tertiary alicyclic amines) is 1. The maximum Gasteiger partial charge on any atom is 0.0737 e. The van der Waals surface area contributed by atoms with E-state index in [0.29, 0.717) is 6.04 Å². The van der Waals surface area contributed by atoms with Crippen molar-refractivity contribution in [3.63, 3.8) is 0 Å². The number of fused-ring (bicyclic) bond motifs is 1. The minimum Gasteiger partial charge on any atom is -0.402 e. The van der Waals surface area contributed by atoms with Crippen LogP contribution in [0, 0.1) is 0 Å². The van der Waals surface area contributed by atoms with Crippen LogP contribution < -0.4 is 16.8 Å². The van der Waals surface area contributed by atoms with E-state index in [9.17, 15) is 0 Å². The predicted molar refractivity (Wildman–Crippen MR) is 160 cm³/mol. The van der Waals surface area contributed by atoms with E-state index in [1.54, 1.807) is 0 Å². The van der Waals surface area contributed by atoms with Gasteiger partial charge in [0.2, 0.25) is 0 Å². The molecule has 3 aromatic rings. The third-order valence-corrected chi connectivity index (χ3v) is 8.02. The van der Waals surface area contributed by atoms with Crippen molar-refractivity contribution in [2.24, 2.45) is 5.73 Å². The van der Waals surface area contributed by atoms with Crippen LogP contribution in [0.3, 0.4) is 0 Å². The van der Waals surface area contributed by atoms with Crippen molar-refractivity contribution in [2.75, 3.05) is 43.8 Å². The molecule has 0 radical (unpaired) electrons. The van der Waals surface area contributed by atoms with Crippen LogP contribution >= 0.6 is 11.6 Å². The highest BCUT2D eigenvalue weighted by Crippen LogP contribution is 2.26. The van der Waals surface area contributed by atoms with Gasteiger partial charge in [0.25, 0.3) is 0 Å². The zero-order valence-electron chi connectivity index (χ0n) is 22.1. The van der Waals surface area contributed by atoms with Crippen LogP contribution in [-0.4, -0.2) is 53.5 Å². The second kappa shape index (κ2) is 12.7. The number of hydrogen-bond donors (Lipinski definition) is 3. The molecule has 5 N–H and O–H groups in total. The van der Waals surface area contributed by atoms with Crippen molar-refractivity contribution < 1.29 is 0 Å². The average molecular weight is 531 g/mol. The summed E-state index contributed by atoms with van der Waals surface area (Å²) in [7, 11) is 0. The van der Waals surface area contributed by atoms with Crippen molar-refractivity contribution in [3.8, 4) is 0 Å². The molecule has 0 amide bonds. The first-order valence-corrected chi connectivity index (χ1v) is 14.1. The highest BCUT2D eigenvalue weighted by molar-refractivity contribution is 6.31. The molecule has 2 aliphatic rings. The molecule has 1 aliphatic carbocycles. The monoisotopic (exact) mass is 530 g/mol. The van der Waals surface area contributed by atoms with Gasteiger partial charge in [0.1, 0.15) is 0 Å². The summed E-state index contributed by atoms with van der Waals surface area (Å²) in [4.78, 5) is 9.73. The number of nitrogens with one attached hydrogen (secondary N) is 1. The Kier molecular flexibility index (Phi) is 8.84. The average Bonchev–Trinajstić information content (AvgIpc) is 2.93. The Bertz CT molecular complexity index is 1280. The minimum absolute atomic E-state index is 0.584. The summed E-state index contributed by atoms with van der Waals surface area (Å²) >= 11 is 6.13. The van der Waals surface area contributed by atoms with Gasteiger partial charge in [-0.05, 0) is 99.8 Å². The van der Waals surface area contributed by atoms with Gasteiger partial charge in [-0.1, -0.05) is 35.4 Å². The van der Waals surface area contributed by atoms with E-state index in [-0.39, 0.29) is 0 Å². The molecular weight excluding hydrogens is 492 g/mol. The molecule has 0 spiro atoms. The van der Waals surface area contributed by atoms with E-state index in [0.717, 1.165) is 91.5 Å². The van der Waals surface area contributed by atoms with Crippen LogP contribution in [0.15, 0.2) is 78.1 Å². The van der Waals surface area contributed by atoms with Gasteiger partial charge in [-0.25, -0.2) is 0 Å². The van der Waals surface area contributed by atoms with Gasteiger partial charge in [-0.2, -0.15) is 0 Å². The number of benzene rings is 2. The van der Waals surface area contributed by atoms with Crippen LogP contribution in [-0.2, 0) is 6.54 Å². The number of nitrogens with two attached hydrogens (primary N) is 2. The molecule has 1 aliphatic heterocycles. The molecule has 5 rings (SSSR count). The van der Waals surface area contributed by atoms with E-state index in [2.05, 4.69) is 44.4 Å². The Morgan fingerprint density at radius 3 is 2.55 bits per heavy atom. The Balaban J connectivity index is 1.12. The van der Waals surface area contributed by atoms with Gasteiger partial charge < -0.3 is 21.7 Å². The molecule has 7 heteroatoms. The van der Waals surface area contributed by atoms with Crippen molar-refractivity contribution in [3.05, 3.63) is 88.7 Å². The number of hydrogen-bond acceptors (Lipinski definition) is 6. The Morgan fingerprint density at radius 1 is 0.974 bits per heavy atom. The summed E-state index contributed by atoms with van der Waals surface area (Å²) in [5.74, 6) is 0. The van der Waals surface area contributed by atoms with Gasteiger partial charge in [0.05, 0.1) is 5.52 Å². The lowest BCUT2D eigenvalue weighted by Crippen LogP contribution is -2.45. The second-order valence-electron chi connectivity index (χ2n) is 10.6. The van der Waals surface area contributed by atoms with Crippen LogP contribution in [0.1, 0.15) is 37.7 Å². The molecule has 0 saturated carbocycles. The number of nitrogen functional groups attached to an aromatic ring is 1. The van der Waals surface area contributed by atoms with Gasteiger partial charge in [-0.15, -0.1) is 0 Å². The SMILES string of the molecule is NC1=CC=C(CN(Cc2ccc(N)cc2)C2CCN(CCCNc3ccnc4cc(Cl)ccc34)CC2)CC1. The smallest absolute Gasteiger partial charge is 0.0737 e. The lowest BCUT2D eigenvalue weighted by atomic mass is 9.98. The van der Waals surface area contributed by atoms with Crippen LogP contribution in [0.4, 0.5) is 11.4 Å². The second-order valence-corrected chi connectivity index (χ2v) is 11.0. The molecular formula is C31H39ClN6. The molecule has 2 heterocycles. The maximum absolute atomic E-state index is 6.13. The first-order chi connectivity index (χ1) is 18.5. The number of halogens is 1. The molecule has 1 aromatic heterocycles. The topological polar surface area (TPSA) is 83.4 Å². The molecule has 0 unspecified atom stereocenters. The normalized spacial score (nSPS) is 17.0. The van der Waals surface area contributed by atoms with E-state index in [1.165, 1.54) is 24.0 Å². The fourth-order valence-electron chi connectivity index (χ4n) is 5.57. The third-order valence-electron chi connectivity index (χ3n) is 7.78. The van der Waals surface area contributed by atoms with Crippen molar-refractivity contribution in [1.82, 2.24) is 14.8 Å². The van der Waals surface area contributed by atoms with Gasteiger partial charge in [0.15, 0.2) is 0 Å². The highest BCUT2D eigenvalue weighted by Gasteiger charge is 2.25. The third kappa shape index (κ3) is 7.07. The Labute approximate surface area is 231 Å². The first-order valence-electron chi connectivity index (χ1n) is 13.8. The van der Waals surface area contributed by atoms with Crippen LogP contribution in [0.25, 0.3) is 10.9 Å². The molecule has 0 bridgehead atoms. The summed E-state index contributed by atoms with van der Waals surface area (Å²) in [6.45, 7) is 6.30. The summed E-state index contributed by atoms with van der Waals surface area (Å²) < 4.78 is 0. The summed E-state index contributed by atoms with van der Waals surface area (Å²) in [6, 6.07) is 16.9. The molecule has 6 nitrogen and oxygen atoms in total. The van der Waals surface area contributed by atoms with Crippen molar-refractivity contribution >= 4 is 33.9 Å². The summed E-state index contributed by atoms with van der Waals surface area (Å²) in [5.41, 5.74) is 18.6. The summed E-state index contributed by atoms with van der Waals surface area (Å²) in [5, 5.41) is 5.44. The van der Waals surface area contributed by atoms with E-state index in [4.69, 9.17) is 23.1 Å². The number of piperidine rings is 1. The van der Waals surface area contributed by atoms with Crippen molar-refractivity contribution in [2.45, 2.75) is 44.7 Å². The molecule has 0 atom stereocenters. The van der Waals surface area contributed by atoms with Crippen LogP contribution in [0.5, 0.6) is 0 Å². The molecule has 38 heavy (non-hydrogen) atoms. The summed E-state index contributed by atoms with van der Waals surface area (Å²) in [6.07, 6.45) is 11.7. The fourth-order valence-corrected chi connectivity index (χ4v) is 5.74. The molecule has 200 valence electrons. The Hall–Kier alpha value is -3.06. The van der Waals surface area contributed by atoms with Crippen LogP contribution in [0.2, 0.25) is 5.02 Å². The standard InChI is InChI=1S/C31H39ClN6/c32-25-6-11-29-30(12-16-36-31(29)20-25)35-15-1-17-37-18-13-28(14-19-37)38(21-23-2-7-26(33)8-3-23)22-24-4-9-27(34)10-5-24/h2-4,6-9,11-12,16,20,28H,1,5,10,13-15,17-19,21-22,33-34H2,(H,35,36). The highest BCUT2D eigenvalue weighted by atomic mass is 35.5. The number of pyridine rings is 1. The quantitative estimate of drug-likeness (QED) is 0.227. The molecule has 2 aromatic carbocycles. The van der Waals surface area contributed by atoms with Gasteiger partial charge >= 0.3 is 0 Å². The van der Waals surface area contributed by atoms with E-state index < -0.39 is 0 Å². The number of aromatic nitrogens is 1. The number of anilines is 2. The van der Waals surface area contributed by atoms with E-state index in [1.807, 2.05) is 42.6 Å². The van der Waals surface area contributed by atoms with Crippen molar-refractivity contribution in [1.29, 1.82) is 0 Å². The van der Waals surface area contributed by atoms with Gasteiger partial charge in [0, 0.05) is 59.4 Å². The maximum atomic E-state index is 6.13. The minimum atomic E-state index is 0.584. The van der Waals surface area contributed by atoms with Gasteiger partial charge in [-0.3, -0.25) is 9.88 Å². The number of nitrogens with zero attached hydrogens (tertiary/aromatic N) is 3. The molecule has 1 fully saturated rings. The fraction of sp³-hybridized carbons (Fsp3) is 0.387. The number of rotatable bonds is 10.